The van der Waals surface area contributed by atoms with Crippen molar-refractivity contribution < 1.29 is 9.18 Å². The largest absolute Gasteiger partial charge is 0.303 e. The molecule has 70 valence electrons. The van der Waals surface area contributed by atoms with Crippen LogP contribution in [-0.4, -0.2) is 36.5 Å². The smallest absolute Gasteiger partial charge is 0.131 e. The highest BCUT2D eigenvalue weighted by Gasteiger charge is 2.17. The van der Waals surface area contributed by atoms with Crippen molar-refractivity contribution in [1.82, 2.24) is 4.90 Å². The average molecular weight is 173 g/mol. The fourth-order valence-electron chi connectivity index (χ4n) is 1.44. The summed E-state index contributed by atoms with van der Waals surface area (Å²) >= 11 is 0. The molecule has 0 amide bonds. The van der Waals surface area contributed by atoms with Crippen LogP contribution in [0, 0.1) is 0 Å². The summed E-state index contributed by atoms with van der Waals surface area (Å²) in [4.78, 5) is 12.8. The zero-order valence-corrected chi connectivity index (χ0v) is 7.55. The number of rotatable bonds is 3. The molecule has 0 aliphatic carbocycles. The maximum absolute atomic E-state index is 12.7. The predicted molar refractivity (Wildman–Crippen MR) is 45.9 cm³/mol. The number of nitrogens with zero attached hydrogens (tertiary/aromatic N) is 1. The Morgan fingerprint density at radius 1 is 1.50 bits per heavy atom. The first-order valence-corrected chi connectivity index (χ1v) is 4.54. The highest BCUT2D eigenvalue weighted by Crippen LogP contribution is 2.12. The Kier molecular flexibility index (Phi) is 3.66. The molecule has 0 unspecified atom stereocenters. The second-order valence-corrected chi connectivity index (χ2v) is 3.47. The predicted octanol–water partition coefficient (Wildman–Crippen LogP) is 1.40. The van der Waals surface area contributed by atoms with Gasteiger partial charge in [0.25, 0.3) is 0 Å². The lowest BCUT2D eigenvalue weighted by molar-refractivity contribution is -0.117. The molecular formula is C9H16FNO. The molecule has 0 N–H and O–H groups in total. The number of halogens is 1. The first-order chi connectivity index (χ1) is 5.68. The van der Waals surface area contributed by atoms with Gasteiger partial charge in [-0.25, -0.2) is 4.39 Å². The molecule has 1 rings (SSSR count). The number of hydrogen-bond donors (Lipinski definition) is 0. The minimum Gasteiger partial charge on any atom is -0.303 e. The molecule has 0 aromatic heterocycles. The van der Waals surface area contributed by atoms with Gasteiger partial charge in [-0.05, 0) is 19.8 Å². The number of alkyl halides is 1. The first-order valence-electron chi connectivity index (χ1n) is 4.54. The molecule has 3 heteroatoms. The summed E-state index contributed by atoms with van der Waals surface area (Å²) in [5, 5.41) is 0. The molecule has 2 nitrogen and oxygen atoms in total. The Balaban J connectivity index is 2.13. The van der Waals surface area contributed by atoms with Gasteiger partial charge < -0.3 is 4.90 Å². The van der Waals surface area contributed by atoms with E-state index in [4.69, 9.17) is 0 Å². The fraction of sp³-hybridized carbons (Fsp3) is 0.889. The second-order valence-electron chi connectivity index (χ2n) is 3.47. The quantitative estimate of drug-likeness (QED) is 0.643. The van der Waals surface area contributed by atoms with Gasteiger partial charge in [0.1, 0.15) is 12.0 Å². The van der Waals surface area contributed by atoms with E-state index in [1.165, 1.54) is 0 Å². The molecule has 1 fully saturated rings. The van der Waals surface area contributed by atoms with E-state index in [0.717, 1.165) is 19.6 Å². The van der Waals surface area contributed by atoms with Gasteiger partial charge in [-0.1, -0.05) is 0 Å². The SMILES string of the molecule is CC(=O)CCN1CCC(F)CC1. The number of piperidine rings is 1. The number of ketones is 1. The number of Topliss-reactive ketones (excluding diaryl/α,β-unsaturated/α-hetero) is 1. The van der Waals surface area contributed by atoms with Crippen LogP contribution in [0.5, 0.6) is 0 Å². The number of carbonyl (C=O) groups excluding carboxylic acids is 1. The van der Waals surface area contributed by atoms with Crippen molar-refractivity contribution in [2.75, 3.05) is 19.6 Å². The Morgan fingerprint density at radius 3 is 2.58 bits per heavy atom. The standard InChI is InChI=1S/C9H16FNO/c1-8(12)2-5-11-6-3-9(10)4-7-11/h9H,2-7H2,1H3. The zero-order valence-electron chi connectivity index (χ0n) is 7.55. The molecule has 1 aliphatic rings. The second kappa shape index (κ2) is 4.55. The lowest BCUT2D eigenvalue weighted by Gasteiger charge is -2.27. The maximum Gasteiger partial charge on any atom is 0.131 e. The molecule has 0 spiro atoms. The minimum atomic E-state index is -0.612. The third-order valence-corrected chi connectivity index (χ3v) is 2.30. The van der Waals surface area contributed by atoms with Crippen LogP contribution in [0.4, 0.5) is 4.39 Å². The van der Waals surface area contributed by atoms with Gasteiger partial charge in [-0.15, -0.1) is 0 Å². The molecule has 12 heavy (non-hydrogen) atoms. The topological polar surface area (TPSA) is 20.3 Å². The van der Waals surface area contributed by atoms with E-state index in [2.05, 4.69) is 4.90 Å². The Hall–Kier alpha value is -0.440. The van der Waals surface area contributed by atoms with Gasteiger partial charge >= 0.3 is 0 Å². The number of likely N-dealkylation sites (tertiary alicyclic amines) is 1. The van der Waals surface area contributed by atoms with Gasteiger partial charge in [0, 0.05) is 26.1 Å². The molecule has 1 aliphatic heterocycles. The number of carbonyl (C=O) groups is 1. The van der Waals surface area contributed by atoms with Gasteiger partial charge in [0.15, 0.2) is 0 Å². The van der Waals surface area contributed by atoms with Crippen molar-refractivity contribution >= 4 is 5.78 Å². The van der Waals surface area contributed by atoms with Crippen LogP contribution in [0.3, 0.4) is 0 Å². The third-order valence-electron chi connectivity index (χ3n) is 2.30. The van der Waals surface area contributed by atoms with Crippen LogP contribution in [0.1, 0.15) is 26.2 Å². The van der Waals surface area contributed by atoms with Gasteiger partial charge in [0.05, 0.1) is 0 Å². The van der Waals surface area contributed by atoms with E-state index in [0.29, 0.717) is 19.3 Å². The number of hydrogen-bond acceptors (Lipinski definition) is 2. The van der Waals surface area contributed by atoms with Crippen molar-refractivity contribution in [1.29, 1.82) is 0 Å². The van der Waals surface area contributed by atoms with Crippen LogP contribution in [0.2, 0.25) is 0 Å². The van der Waals surface area contributed by atoms with Crippen molar-refractivity contribution in [3.05, 3.63) is 0 Å². The monoisotopic (exact) mass is 173 g/mol. The molecule has 0 aromatic carbocycles. The van der Waals surface area contributed by atoms with E-state index in [1.807, 2.05) is 0 Å². The summed E-state index contributed by atoms with van der Waals surface area (Å²) < 4.78 is 12.7. The van der Waals surface area contributed by atoms with Crippen LogP contribution >= 0.6 is 0 Å². The molecule has 1 saturated heterocycles. The summed E-state index contributed by atoms with van der Waals surface area (Å²) in [5.74, 6) is 0.220. The van der Waals surface area contributed by atoms with E-state index in [-0.39, 0.29) is 5.78 Å². The summed E-state index contributed by atoms with van der Waals surface area (Å²) in [6.45, 7) is 4.03. The summed E-state index contributed by atoms with van der Waals surface area (Å²) in [6.07, 6.45) is 1.27. The highest BCUT2D eigenvalue weighted by atomic mass is 19.1. The molecule has 0 atom stereocenters. The molecular weight excluding hydrogens is 157 g/mol. The van der Waals surface area contributed by atoms with E-state index in [9.17, 15) is 9.18 Å². The van der Waals surface area contributed by atoms with Crippen LogP contribution < -0.4 is 0 Å². The van der Waals surface area contributed by atoms with Gasteiger partial charge in [-0.2, -0.15) is 0 Å². The van der Waals surface area contributed by atoms with Gasteiger partial charge in [0.2, 0.25) is 0 Å². The Morgan fingerprint density at radius 2 is 2.08 bits per heavy atom. The van der Waals surface area contributed by atoms with Crippen molar-refractivity contribution in [3.8, 4) is 0 Å². The molecule has 0 aromatic rings. The third kappa shape index (κ3) is 3.30. The fourth-order valence-corrected chi connectivity index (χ4v) is 1.44. The van der Waals surface area contributed by atoms with E-state index < -0.39 is 6.17 Å². The Labute approximate surface area is 72.7 Å². The van der Waals surface area contributed by atoms with Crippen LogP contribution in [0.25, 0.3) is 0 Å². The lowest BCUT2D eigenvalue weighted by Crippen LogP contribution is -2.35. The van der Waals surface area contributed by atoms with Crippen molar-refractivity contribution in [2.45, 2.75) is 32.4 Å². The first kappa shape index (κ1) is 9.65. The normalized spacial score (nSPS) is 21.2. The summed E-state index contributed by atoms with van der Waals surface area (Å²) in [5.41, 5.74) is 0. The molecule has 0 bridgehead atoms. The lowest BCUT2D eigenvalue weighted by atomic mass is 10.1. The highest BCUT2D eigenvalue weighted by molar-refractivity contribution is 5.75. The zero-order chi connectivity index (χ0) is 8.97. The van der Waals surface area contributed by atoms with Crippen molar-refractivity contribution in [3.63, 3.8) is 0 Å². The van der Waals surface area contributed by atoms with E-state index >= 15 is 0 Å². The molecule has 0 radical (unpaired) electrons. The summed E-state index contributed by atoms with van der Waals surface area (Å²) in [7, 11) is 0. The summed E-state index contributed by atoms with van der Waals surface area (Å²) in [6, 6.07) is 0. The van der Waals surface area contributed by atoms with Crippen LogP contribution in [0.15, 0.2) is 0 Å². The van der Waals surface area contributed by atoms with Crippen LogP contribution in [-0.2, 0) is 4.79 Å². The molecule has 1 heterocycles. The van der Waals surface area contributed by atoms with Gasteiger partial charge in [-0.3, -0.25) is 4.79 Å². The Bertz CT molecular complexity index is 153. The molecule has 0 saturated carbocycles. The average Bonchev–Trinajstić information content (AvgIpc) is 2.03. The minimum absolute atomic E-state index is 0.220. The van der Waals surface area contributed by atoms with E-state index in [1.54, 1.807) is 6.92 Å². The van der Waals surface area contributed by atoms with Crippen molar-refractivity contribution in [2.24, 2.45) is 0 Å². The maximum atomic E-state index is 12.7.